The zero-order valence-electron chi connectivity index (χ0n) is 17.2. The first-order valence-corrected chi connectivity index (χ1v) is 14.3. The second-order valence-electron chi connectivity index (χ2n) is 7.79. The molecule has 4 rings (SSSR count). The summed E-state index contributed by atoms with van der Waals surface area (Å²) < 4.78 is 63.8. The van der Waals surface area contributed by atoms with Gasteiger partial charge in [0.15, 0.2) is 9.84 Å². The molecule has 1 atom stereocenters. The van der Waals surface area contributed by atoms with Gasteiger partial charge in [0.1, 0.15) is 5.82 Å². The van der Waals surface area contributed by atoms with Crippen molar-refractivity contribution < 1.29 is 26.0 Å². The largest absolute Gasteiger partial charge is 0.336 e. The third-order valence-electron chi connectivity index (χ3n) is 5.56. The molecule has 1 unspecified atom stereocenters. The Bertz CT molecular complexity index is 1230. The third kappa shape index (κ3) is 5.00. The molecule has 2 aromatic rings. The summed E-state index contributed by atoms with van der Waals surface area (Å²) in [6, 6.07) is 12.0. The van der Waals surface area contributed by atoms with E-state index in [1.807, 2.05) is 12.1 Å². The number of sulfone groups is 1. The van der Waals surface area contributed by atoms with Crippen molar-refractivity contribution in [3.8, 4) is 0 Å². The Labute approximate surface area is 191 Å². The highest BCUT2D eigenvalue weighted by atomic mass is 32.2. The molecule has 2 aromatic carbocycles. The maximum atomic E-state index is 13.5. The van der Waals surface area contributed by atoms with E-state index in [0.29, 0.717) is 12.0 Å². The van der Waals surface area contributed by atoms with Gasteiger partial charge in [-0.05, 0) is 36.8 Å². The summed E-state index contributed by atoms with van der Waals surface area (Å²) in [6.07, 6.45) is 0.562. The zero-order chi connectivity index (χ0) is 22.9. The highest BCUT2D eigenvalue weighted by Crippen LogP contribution is 2.33. The average molecular weight is 499 g/mol. The van der Waals surface area contributed by atoms with Crippen molar-refractivity contribution in [2.45, 2.75) is 21.5 Å². The van der Waals surface area contributed by atoms with Gasteiger partial charge in [0.25, 0.3) is 5.91 Å². The molecule has 1 amide bonds. The number of hydrogen-bond donors (Lipinski definition) is 0. The normalized spacial score (nSPS) is 21.5. The van der Waals surface area contributed by atoms with Crippen LogP contribution in [0.25, 0.3) is 0 Å². The van der Waals surface area contributed by atoms with Crippen LogP contribution in [0.3, 0.4) is 0 Å². The van der Waals surface area contributed by atoms with Crippen molar-refractivity contribution in [3.63, 3.8) is 0 Å². The van der Waals surface area contributed by atoms with Crippen LogP contribution in [0, 0.1) is 5.82 Å². The smallest absolute Gasteiger partial charge is 0.255 e. The maximum absolute atomic E-state index is 13.5. The predicted octanol–water partition coefficient (Wildman–Crippen LogP) is 2.25. The Hall–Kier alpha value is -1.95. The molecule has 0 radical (unpaired) electrons. The molecule has 0 spiro atoms. The van der Waals surface area contributed by atoms with E-state index < -0.39 is 25.7 Å². The zero-order valence-corrected chi connectivity index (χ0v) is 19.6. The first kappa shape index (κ1) is 23.2. The molecule has 2 heterocycles. The average Bonchev–Trinajstić information content (AvgIpc) is 3.12. The molecule has 172 valence electrons. The van der Waals surface area contributed by atoms with Gasteiger partial charge in [0, 0.05) is 36.3 Å². The summed E-state index contributed by atoms with van der Waals surface area (Å²) in [4.78, 5) is 15.4. The fourth-order valence-corrected chi connectivity index (χ4v) is 8.93. The summed E-state index contributed by atoms with van der Waals surface area (Å²) in [7, 11) is -6.86. The van der Waals surface area contributed by atoms with Crippen LogP contribution in [0.4, 0.5) is 4.39 Å². The fourth-order valence-electron chi connectivity index (χ4n) is 3.86. The number of benzene rings is 2. The number of carbonyl (C=O) groups excluding carboxylic acids is 1. The molecular formula is C21H23FN2O5S3. The summed E-state index contributed by atoms with van der Waals surface area (Å²) in [6.45, 7) is 0.649. The molecule has 11 heteroatoms. The van der Waals surface area contributed by atoms with Gasteiger partial charge >= 0.3 is 0 Å². The number of rotatable bonds is 5. The number of hydrogen-bond acceptors (Lipinski definition) is 6. The Morgan fingerprint density at radius 3 is 2.41 bits per heavy atom. The van der Waals surface area contributed by atoms with Crippen molar-refractivity contribution in [1.29, 1.82) is 0 Å². The molecule has 0 saturated carbocycles. The topological polar surface area (TPSA) is 91.8 Å². The van der Waals surface area contributed by atoms with Crippen LogP contribution in [0.1, 0.15) is 16.8 Å². The molecule has 0 aromatic heterocycles. The van der Waals surface area contributed by atoms with E-state index in [1.165, 1.54) is 34.3 Å². The van der Waals surface area contributed by atoms with E-state index in [9.17, 15) is 26.0 Å². The minimum Gasteiger partial charge on any atom is -0.336 e. The highest BCUT2D eigenvalue weighted by molar-refractivity contribution is 8.02. The van der Waals surface area contributed by atoms with E-state index in [4.69, 9.17) is 0 Å². The summed E-state index contributed by atoms with van der Waals surface area (Å²) in [5.41, 5.74) is 0.489. The van der Waals surface area contributed by atoms with Gasteiger partial charge in [0.2, 0.25) is 10.0 Å². The van der Waals surface area contributed by atoms with Crippen molar-refractivity contribution in [1.82, 2.24) is 9.21 Å². The van der Waals surface area contributed by atoms with Gasteiger partial charge < -0.3 is 4.90 Å². The Morgan fingerprint density at radius 1 is 1.03 bits per heavy atom. The van der Waals surface area contributed by atoms with Crippen LogP contribution >= 0.6 is 11.8 Å². The van der Waals surface area contributed by atoms with Crippen molar-refractivity contribution in [2.24, 2.45) is 0 Å². The van der Waals surface area contributed by atoms with Crippen molar-refractivity contribution >= 4 is 37.5 Å². The van der Waals surface area contributed by atoms with Gasteiger partial charge in [-0.3, -0.25) is 4.79 Å². The molecule has 2 saturated heterocycles. The summed E-state index contributed by atoms with van der Waals surface area (Å²) in [5.74, 6) is -0.555. The molecule has 0 aliphatic carbocycles. The Kier molecular flexibility index (Phi) is 6.62. The van der Waals surface area contributed by atoms with Crippen LogP contribution in [0.2, 0.25) is 0 Å². The number of amides is 1. The fraction of sp³-hybridized carbons (Fsp3) is 0.381. The van der Waals surface area contributed by atoms with Gasteiger partial charge in [-0.25, -0.2) is 21.2 Å². The molecule has 7 nitrogen and oxygen atoms in total. The molecule has 0 N–H and O–H groups in total. The van der Waals surface area contributed by atoms with Crippen molar-refractivity contribution in [3.05, 3.63) is 59.9 Å². The molecule has 2 aliphatic rings. The minimum absolute atomic E-state index is 0.0813. The van der Waals surface area contributed by atoms with Crippen molar-refractivity contribution in [2.75, 3.05) is 37.7 Å². The van der Waals surface area contributed by atoms with Crippen LogP contribution in [-0.2, 0) is 19.9 Å². The minimum atomic E-state index is -3.84. The van der Waals surface area contributed by atoms with Gasteiger partial charge in [-0.2, -0.15) is 4.31 Å². The lowest BCUT2D eigenvalue weighted by Gasteiger charge is -2.34. The lowest BCUT2D eigenvalue weighted by Crippen LogP contribution is -2.50. The summed E-state index contributed by atoms with van der Waals surface area (Å²) >= 11 is 1.41. The molecule has 32 heavy (non-hydrogen) atoms. The lowest BCUT2D eigenvalue weighted by atomic mass is 10.2. The van der Waals surface area contributed by atoms with E-state index in [0.717, 1.165) is 11.0 Å². The number of thioether (sulfide) groups is 1. The van der Waals surface area contributed by atoms with Crippen LogP contribution < -0.4 is 0 Å². The second kappa shape index (κ2) is 9.12. The lowest BCUT2D eigenvalue weighted by molar-refractivity contribution is 0.0694. The Morgan fingerprint density at radius 2 is 1.75 bits per heavy atom. The number of carbonyl (C=O) groups is 1. The van der Waals surface area contributed by atoms with E-state index in [2.05, 4.69) is 0 Å². The molecule has 0 bridgehead atoms. The van der Waals surface area contributed by atoms with Crippen LogP contribution in [-0.4, -0.2) is 74.9 Å². The van der Waals surface area contributed by atoms with Gasteiger partial charge in [0.05, 0.1) is 22.0 Å². The first-order valence-electron chi connectivity index (χ1n) is 10.2. The molecular weight excluding hydrogens is 475 g/mol. The molecule has 2 aliphatic heterocycles. The maximum Gasteiger partial charge on any atom is 0.255 e. The van der Waals surface area contributed by atoms with Crippen LogP contribution in [0.5, 0.6) is 0 Å². The van der Waals surface area contributed by atoms with E-state index in [-0.39, 0.29) is 53.7 Å². The van der Waals surface area contributed by atoms with E-state index >= 15 is 0 Å². The molecule has 2 fully saturated rings. The third-order valence-corrected chi connectivity index (χ3v) is 10.8. The Balaban J connectivity index is 1.44. The predicted molar refractivity (Wildman–Crippen MR) is 120 cm³/mol. The SMILES string of the molecule is O=C(c1ccccc1SC1CCS(=O)(=O)C1)N1CCN(S(=O)(=O)c2cccc(F)c2)CC1. The first-order chi connectivity index (χ1) is 15.2. The number of sulfonamides is 1. The van der Waals surface area contributed by atoms with E-state index in [1.54, 1.807) is 17.0 Å². The standard InChI is InChI=1S/C21H23FN2O5S3/c22-16-4-3-5-18(14-16)32(28,29)24-11-9-23(10-12-24)21(25)19-6-1-2-7-20(19)30-17-8-13-31(26,27)15-17/h1-7,14,17H,8-13,15H2. The van der Waals surface area contributed by atoms with Crippen LogP contribution in [0.15, 0.2) is 58.3 Å². The highest BCUT2D eigenvalue weighted by Gasteiger charge is 2.33. The monoisotopic (exact) mass is 498 g/mol. The summed E-state index contributed by atoms with van der Waals surface area (Å²) in [5, 5.41) is -0.0813. The number of piperazine rings is 1. The number of halogens is 1. The van der Waals surface area contributed by atoms with Gasteiger partial charge in [-0.15, -0.1) is 11.8 Å². The second-order valence-corrected chi connectivity index (χ2v) is 13.3. The van der Waals surface area contributed by atoms with Gasteiger partial charge in [-0.1, -0.05) is 18.2 Å². The quantitative estimate of drug-likeness (QED) is 0.628. The number of nitrogens with zero attached hydrogens (tertiary/aromatic N) is 2.